The normalized spacial score (nSPS) is 13.1. The maximum absolute atomic E-state index is 12.9. The minimum Gasteiger partial charge on any atom is -0.496 e. The number of hydrogen-bond acceptors (Lipinski definition) is 4. The molecule has 5 nitrogen and oxygen atoms in total. The fraction of sp³-hybridized carbons (Fsp3) is 0.381. The SMILES string of the molecule is COCC(N)C(=O)N(Cc1ccccc1)C(C)Cc1ccccc1OC. The minimum atomic E-state index is -0.677. The van der Waals surface area contributed by atoms with Crippen LogP contribution in [0.15, 0.2) is 54.6 Å². The number of hydrogen-bond donors (Lipinski definition) is 1. The first-order valence-corrected chi connectivity index (χ1v) is 8.77. The third kappa shape index (κ3) is 5.31. The molecule has 0 bridgehead atoms. The number of rotatable bonds is 9. The van der Waals surface area contributed by atoms with Gasteiger partial charge in [0.25, 0.3) is 0 Å². The Kier molecular flexibility index (Phi) is 7.63. The summed E-state index contributed by atoms with van der Waals surface area (Å²) in [4.78, 5) is 14.7. The number of carbonyl (C=O) groups excluding carboxylic acids is 1. The Morgan fingerprint density at radius 2 is 1.73 bits per heavy atom. The molecule has 26 heavy (non-hydrogen) atoms. The van der Waals surface area contributed by atoms with Crippen LogP contribution in [0.3, 0.4) is 0 Å². The van der Waals surface area contributed by atoms with E-state index in [1.807, 2.05) is 66.4 Å². The maximum Gasteiger partial charge on any atom is 0.242 e. The van der Waals surface area contributed by atoms with E-state index in [1.165, 1.54) is 0 Å². The largest absolute Gasteiger partial charge is 0.496 e. The maximum atomic E-state index is 12.9. The van der Waals surface area contributed by atoms with Gasteiger partial charge in [0, 0.05) is 19.7 Å². The lowest BCUT2D eigenvalue weighted by molar-refractivity contribution is -0.136. The van der Waals surface area contributed by atoms with Gasteiger partial charge < -0.3 is 20.1 Å². The topological polar surface area (TPSA) is 64.8 Å². The fourth-order valence-corrected chi connectivity index (χ4v) is 2.99. The molecule has 5 heteroatoms. The van der Waals surface area contributed by atoms with E-state index in [2.05, 4.69) is 0 Å². The van der Waals surface area contributed by atoms with E-state index < -0.39 is 6.04 Å². The van der Waals surface area contributed by atoms with Crippen LogP contribution in [0.25, 0.3) is 0 Å². The number of methoxy groups -OCH3 is 2. The molecule has 0 aliphatic heterocycles. The molecule has 2 N–H and O–H groups in total. The highest BCUT2D eigenvalue weighted by Gasteiger charge is 2.26. The van der Waals surface area contributed by atoms with Gasteiger partial charge in [0.1, 0.15) is 11.8 Å². The summed E-state index contributed by atoms with van der Waals surface area (Å²) in [6.45, 7) is 2.74. The van der Waals surface area contributed by atoms with Crippen LogP contribution in [0, 0.1) is 0 Å². The van der Waals surface area contributed by atoms with Gasteiger partial charge in [-0.2, -0.15) is 0 Å². The Morgan fingerprint density at radius 1 is 1.08 bits per heavy atom. The quantitative estimate of drug-likeness (QED) is 0.750. The van der Waals surface area contributed by atoms with Gasteiger partial charge in [0.15, 0.2) is 0 Å². The van der Waals surface area contributed by atoms with Gasteiger partial charge in [0.05, 0.1) is 13.7 Å². The third-order valence-electron chi connectivity index (χ3n) is 4.38. The van der Waals surface area contributed by atoms with Gasteiger partial charge in [-0.15, -0.1) is 0 Å². The molecule has 0 heterocycles. The lowest BCUT2D eigenvalue weighted by atomic mass is 10.0. The molecule has 0 saturated carbocycles. The van der Waals surface area contributed by atoms with E-state index in [9.17, 15) is 4.79 Å². The molecular formula is C21H28N2O3. The Morgan fingerprint density at radius 3 is 2.38 bits per heavy atom. The van der Waals surface area contributed by atoms with Gasteiger partial charge >= 0.3 is 0 Å². The predicted octanol–water partition coefficient (Wildman–Crippen LogP) is 2.63. The van der Waals surface area contributed by atoms with E-state index in [4.69, 9.17) is 15.2 Å². The van der Waals surface area contributed by atoms with Crippen molar-refractivity contribution < 1.29 is 14.3 Å². The van der Waals surface area contributed by atoms with Crippen LogP contribution >= 0.6 is 0 Å². The standard InChI is InChI=1S/C21H28N2O3/c1-16(13-18-11-7-8-12-20(18)26-3)23(21(24)19(22)15-25-2)14-17-9-5-4-6-10-17/h4-12,16,19H,13-15,22H2,1-3H3. The number of benzene rings is 2. The van der Waals surface area contributed by atoms with Crippen molar-refractivity contribution in [2.45, 2.75) is 32.0 Å². The Labute approximate surface area is 155 Å². The van der Waals surface area contributed by atoms with Crippen molar-refractivity contribution >= 4 is 5.91 Å². The van der Waals surface area contributed by atoms with Crippen molar-refractivity contribution in [3.63, 3.8) is 0 Å². The highest BCUT2D eigenvalue weighted by molar-refractivity contribution is 5.82. The number of para-hydroxylation sites is 1. The van der Waals surface area contributed by atoms with Crippen LogP contribution in [-0.2, 0) is 22.5 Å². The van der Waals surface area contributed by atoms with Gasteiger partial charge in [-0.25, -0.2) is 0 Å². The van der Waals surface area contributed by atoms with Crippen molar-refractivity contribution in [3.8, 4) is 5.75 Å². The number of nitrogens with zero attached hydrogens (tertiary/aromatic N) is 1. The fourth-order valence-electron chi connectivity index (χ4n) is 2.99. The molecule has 2 unspecified atom stereocenters. The molecule has 0 aromatic heterocycles. The van der Waals surface area contributed by atoms with E-state index in [0.29, 0.717) is 13.0 Å². The zero-order chi connectivity index (χ0) is 18.9. The molecule has 2 rings (SSSR count). The Hall–Kier alpha value is -2.37. The summed E-state index contributed by atoms with van der Waals surface area (Å²) in [5.41, 5.74) is 8.16. The van der Waals surface area contributed by atoms with Gasteiger partial charge in [0.2, 0.25) is 5.91 Å². The summed E-state index contributed by atoms with van der Waals surface area (Å²) in [5, 5.41) is 0. The summed E-state index contributed by atoms with van der Waals surface area (Å²) in [5.74, 6) is 0.714. The monoisotopic (exact) mass is 356 g/mol. The molecule has 0 radical (unpaired) electrons. The van der Waals surface area contributed by atoms with Crippen LogP contribution < -0.4 is 10.5 Å². The second-order valence-electron chi connectivity index (χ2n) is 6.38. The Balaban J connectivity index is 2.22. The van der Waals surface area contributed by atoms with E-state index in [1.54, 1.807) is 14.2 Å². The van der Waals surface area contributed by atoms with Gasteiger partial charge in [-0.3, -0.25) is 4.79 Å². The molecule has 1 amide bonds. The number of amides is 1. The lowest BCUT2D eigenvalue weighted by Crippen LogP contribution is -2.49. The lowest BCUT2D eigenvalue weighted by Gasteiger charge is -2.32. The molecule has 2 aromatic rings. The van der Waals surface area contributed by atoms with Crippen LogP contribution in [0.1, 0.15) is 18.1 Å². The Bertz CT molecular complexity index is 691. The van der Waals surface area contributed by atoms with Crippen molar-refractivity contribution in [2.75, 3.05) is 20.8 Å². The predicted molar refractivity (Wildman–Crippen MR) is 103 cm³/mol. The van der Waals surface area contributed by atoms with Crippen LogP contribution in [0.5, 0.6) is 5.75 Å². The molecule has 0 saturated heterocycles. The van der Waals surface area contributed by atoms with E-state index >= 15 is 0 Å². The zero-order valence-electron chi connectivity index (χ0n) is 15.7. The first kappa shape index (κ1) is 19.9. The average Bonchev–Trinajstić information content (AvgIpc) is 2.67. The van der Waals surface area contributed by atoms with Crippen molar-refractivity contribution in [2.24, 2.45) is 5.73 Å². The summed E-state index contributed by atoms with van der Waals surface area (Å²) < 4.78 is 10.5. The number of ether oxygens (including phenoxy) is 2. The van der Waals surface area contributed by atoms with E-state index in [-0.39, 0.29) is 18.6 Å². The van der Waals surface area contributed by atoms with E-state index in [0.717, 1.165) is 16.9 Å². The van der Waals surface area contributed by atoms with Crippen LogP contribution in [-0.4, -0.2) is 43.7 Å². The molecule has 2 aromatic carbocycles. The molecule has 2 atom stereocenters. The first-order chi connectivity index (χ1) is 12.6. The second-order valence-corrected chi connectivity index (χ2v) is 6.38. The summed E-state index contributed by atoms with van der Waals surface area (Å²) in [6, 6.07) is 17.1. The smallest absolute Gasteiger partial charge is 0.242 e. The molecule has 0 aliphatic carbocycles. The summed E-state index contributed by atoms with van der Waals surface area (Å²) in [7, 11) is 3.21. The second kappa shape index (κ2) is 9.94. The first-order valence-electron chi connectivity index (χ1n) is 8.77. The van der Waals surface area contributed by atoms with Crippen molar-refractivity contribution in [1.29, 1.82) is 0 Å². The summed E-state index contributed by atoms with van der Waals surface area (Å²) in [6.07, 6.45) is 0.683. The zero-order valence-corrected chi connectivity index (χ0v) is 15.7. The van der Waals surface area contributed by atoms with Crippen LogP contribution in [0.2, 0.25) is 0 Å². The highest BCUT2D eigenvalue weighted by atomic mass is 16.5. The minimum absolute atomic E-state index is 0.0399. The average molecular weight is 356 g/mol. The van der Waals surface area contributed by atoms with Crippen molar-refractivity contribution in [1.82, 2.24) is 4.90 Å². The third-order valence-corrected chi connectivity index (χ3v) is 4.38. The molecule has 140 valence electrons. The number of nitrogens with two attached hydrogens (primary N) is 1. The molecule has 0 spiro atoms. The van der Waals surface area contributed by atoms with Gasteiger partial charge in [-0.1, -0.05) is 48.5 Å². The number of carbonyl (C=O) groups is 1. The highest BCUT2D eigenvalue weighted by Crippen LogP contribution is 2.22. The molecule has 0 fully saturated rings. The van der Waals surface area contributed by atoms with Gasteiger partial charge in [-0.05, 0) is 30.5 Å². The van der Waals surface area contributed by atoms with Crippen molar-refractivity contribution in [3.05, 3.63) is 65.7 Å². The summed E-state index contributed by atoms with van der Waals surface area (Å²) >= 11 is 0. The van der Waals surface area contributed by atoms with Crippen LogP contribution in [0.4, 0.5) is 0 Å². The molecule has 0 aliphatic rings. The molecular weight excluding hydrogens is 328 g/mol.